The number of nitrogens with zero attached hydrogens (tertiary/aromatic N) is 2. The van der Waals surface area contributed by atoms with Crippen molar-refractivity contribution in [3.63, 3.8) is 0 Å². The standard InChI is InChI=1S/C15H23N3O/c1-10(2)18-8-7-16-14(15(18)19)17-9-13(11-3-4-11)12-5-6-12/h7-8,10-13H,3-6,9H2,1-2H3,(H,16,17). The third-order valence-corrected chi connectivity index (χ3v) is 4.38. The second-order valence-corrected chi connectivity index (χ2v) is 6.30. The summed E-state index contributed by atoms with van der Waals surface area (Å²) in [5.41, 5.74) is 0.00263. The lowest BCUT2D eigenvalue weighted by atomic mass is 9.98. The summed E-state index contributed by atoms with van der Waals surface area (Å²) in [4.78, 5) is 16.4. The molecular weight excluding hydrogens is 238 g/mol. The fourth-order valence-corrected chi connectivity index (χ4v) is 2.93. The molecule has 2 saturated carbocycles. The van der Waals surface area contributed by atoms with E-state index in [2.05, 4.69) is 10.3 Å². The molecule has 0 aliphatic heterocycles. The van der Waals surface area contributed by atoms with E-state index in [4.69, 9.17) is 0 Å². The SMILES string of the molecule is CC(C)n1ccnc(NCC(C2CC2)C2CC2)c1=O. The summed E-state index contributed by atoms with van der Waals surface area (Å²) in [6.07, 6.45) is 8.98. The molecule has 104 valence electrons. The topological polar surface area (TPSA) is 46.9 Å². The first kappa shape index (κ1) is 12.7. The highest BCUT2D eigenvalue weighted by molar-refractivity contribution is 5.31. The maximum absolute atomic E-state index is 12.2. The van der Waals surface area contributed by atoms with Crippen molar-refractivity contribution >= 4 is 5.82 Å². The van der Waals surface area contributed by atoms with Crippen LogP contribution in [0.4, 0.5) is 5.82 Å². The number of rotatable bonds is 6. The number of nitrogens with one attached hydrogen (secondary N) is 1. The van der Waals surface area contributed by atoms with Crippen LogP contribution in [0.25, 0.3) is 0 Å². The first-order valence-electron chi connectivity index (χ1n) is 7.48. The van der Waals surface area contributed by atoms with Crippen LogP contribution < -0.4 is 10.9 Å². The zero-order valence-corrected chi connectivity index (χ0v) is 11.8. The number of anilines is 1. The number of aromatic nitrogens is 2. The van der Waals surface area contributed by atoms with E-state index >= 15 is 0 Å². The highest BCUT2D eigenvalue weighted by Crippen LogP contribution is 2.49. The van der Waals surface area contributed by atoms with E-state index in [0.29, 0.717) is 5.82 Å². The zero-order valence-electron chi connectivity index (χ0n) is 11.8. The molecule has 2 aliphatic carbocycles. The minimum atomic E-state index is 0.00263. The van der Waals surface area contributed by atoms with E-state index in [9.17, 15) is 4.79 Å². The summed E-state index contributed by atoms with van der Waals surface area (Å²) < 4.78 is 1.73. The molecule has 19 heavy (non-hydrogen) atoms. The fraction of sp³-hybridized carbons (Fsp3) is 0.733. The van der Waals surface area contributed by atoms with Gasteiger partial charge in [0.25, 0.3) is 5.56 Å². The van der Waals surface area contributed by atoms with Crippen molar-refractivity contribution in [1.82, 2.24) is 9.55 Å². The van der Waals surface area contributed by atoms with Crippen LogP contribution in [0, 0.1) is 17.8 Å². The molecule has 0 unspecified atom stereocenters. The molecule has 4 heteroatoms. The molecule has 3 rings (SSSR count). The normalized spacial score (nSPS) is 19.2. The molecule has 4 nitrogen and oxygen atoms in total. The van der Waals surface area contributed by atoms with Crippen LogP contribution in [0.15, 0.2) is 17.2 Å². The molecule has 1 aromatic rings. The molecule has 0 saturated heterocycles. The molecule has 0 bridgehead atoms. The van der Waals surface area contributed by atoms with Gasteiger partial charge in [-0.25, -0.2) is 4.98 Å². The molecule has 2 fully saturated rings. The molecule has 0 aromatic carbocycles. The Bertz CT molecular complexity index is 488. The minimum absolute atomic E-state index is 0.00263. The predicted molar refractivity (Wildman–Crippen MR) is 76.3 cm³/mol. The molecule has 0 atom stereocenters. The van der Waals surface area contributed by atoms with Gasteiger partial charge in [0.2, 0.25) is 0 Å². The van der Waals surface area contributed by atoms with E-state index in [-0.39, 0.29) is 11.6 Å². The second-order valence-electron chi connectivity index (χ2n) is 6.30. The quantitative estimate of drug-likeness (QED) is 0.856. The first-order chi connectivity index (χ1) is 9.16. The number of hydrogen-bond donors (Lipinski definition) is 1. The first-order valence-corrected chi connectivity index (χ1v) is 7.48. The van der Waals surface area contributed by atoms with E-state index < -0.39 is 0 Å². The van der Waals surface area contributed by atoms with Gasteiger partial charge in [-0.15, -0.1) is 0 Å². The van der Waals surface area contributed by atoms with E-state index in [1.54, 1.807) is 17.0 Å². The summed E-state index contributed by atoms with van der Waals surface area (Å²) >= 11 is 0. The van der Waals surface area contributed by atoms with Gasteiger partial charge < -0.3 is 9.88 Å². The van der Waals surface area contributed by atoms with Crippen LogP contribution in [0.5, 0.6) is 0 Å². The lowest BCUT2D eigenvalue weighted by Crippen LogP contribution is -2.28. The summed E-state index contributed by atoms with van der Waals surface area (Å²) in [5.74, 6) is 3.07. The highest BCUT2D eigenvalue weighted by Gasteiger charge is 2.41. The van der Waals surface area contributed by atoms with Gasteiger partial charge in [0.05, 0.1) is 0 Å². The van der Waals surface area contributed by atoms with Crippen molar-refractivity contribution in [3.8, 4) is 0 Å². The van der Waals surface area contributed by atoms with E-state index in [0.717, 1.165) is 24.3 Å². The van der Waals surface area contributed by atoms with Gasteiger partial charge in [-0.05, 0) is 57.3 Å². The summed E-state index contributed by atoms with van der Waals surface area (Å²) in [7, 11) is 0. The molecule has 0 amide bonds. The maximum Gasteiger partial charge on any atom is 0.293 e. The molecule has 0 spiro atoms. The Morgan fingerprint density at radius 1 is 1.32 bits per heavy atom. The van der Waals surface area contributed by atoms with Crippen LogP contribution in [-0.4, -0.2) is 16.1 Å². The van der Waals surface area contributed by atoms with E-state index in [1.807, 2.05) is 13.8 Å². The lowest BCUT2D eigenvalue weighted by molar-refractivity contribution is 0.427. The largest absolute Gasteiger partial charge is 0.365 e. The second kappa shape index (κ2) is 4.99. The smallest absolute Gasteiger partial charge is 0.293 e. The Labute approximate surface area is 114 Å². The van der Waals surface area contributed by atoms with Crippen LogP contribution in [-0.2, 0) is 0 Å². The van der Waals surface area contributed by atoms with Gasteiger partial charge in [0.1, 0.15) is 0 Å². The highest BCUT2D eigenvalue weighted by atomic mass is 16.1. The zero-order chi connectivity index (χ0) is 13.4. The monoisotopic (exact) mass is 261 g/mol. The van der Waals surface area contributed by atoms with Crippen LogP contribution in [0.3, 0.4) is 0 Å². The van der Waals surface area contributed by atoms with Crippen LogP contribution >= 0.6 is 0 Å². The molecule has 2 aliphatic rings. The van der Waals surface area contributed by atoms with Crippen LogP contribution in [0.2, 0.25) is 0 Å². The summed E-state index contributed by atoms with van der Waals surface area (Å²) in [5, 5.41) is 3.31. The fourth-order valence-electron chi connectivity index (χ4n) is 2.93. The van der Waals surface area contributed by atoms with Crippen LogP contribution in [0.1, 0.15) is 45.6 Å². The van der Waals surface area contributed by atoms with Crippen molar-refractivity contribution in [2.45, 2.75) is 45.6 Å². The Hall–Kier alpha value is -1.32. The third-order valence-electron chi connectivity index (χ3n) is 4.38. The third kappa shape index (κ3) is 2.82. The molecule has 1 aromatic heterocycles. The van der Waals surface area contributed by atoms with Crippen molar-refractivity contribution in [2.75, 3.05) is 11.9 Å². The van der Waals surface area contributed by atoms with Crippen molar-refractivity contribution in [2.24, 2.45) is 17.8 Å². The Kier molecular flexibility index (Phi) is 3.33. The molecule has 0 radical (unpaired) electrons. The van der Waals surface area contributed by atoms with E-state index in [1.165, 1.54) is 25.7 Å². The van der Waals surface area contributed by atoms with Crippen molar-refractivity contribution in [1.29, 1.82) is 0 Å². The number of hydrogen-bond acceptors (Lipinski definition) is 3. The van der Waals surface area contributed by atoms with Gasteiger partial charge >= 0.3 is 0 Å². The van der Waals surface area contributed by atoms with Crippen molar-refractivity contribution < 1.29 is 0 Å². The average Bonchev–Trinajstić information content (AvgIpc) is 3.25. The maximum atomic E-state index is 12.2. The summed E-state index contributed by atoms with van der Waals surface area (Å²) in [6, 6.07) is 0.179. The van der Waals surface area contributed by atoms with Crippen molar-refractivity contribution in [3.05, 3.63) is 22.7 Å². The minimum Gasteiger partial charge on any atom is -0.365 e. The summed E-state index contributed by atoms with van der Waals surface area (Å²) in [6.45, 7) is 4.95. The Morgan fingerprint density at radius 2 is 1.95 bits per heavy atom. The van der Waals surface area contributed by atoms with Gasteiger partial charge in [-0.3, -0.25) is 4.79 Å². The predicted octanol–water partition coefficient (Wildman–Crippen LogP) is 2.67. The van der Waals surface area contributed by atoms with Gasteiger partial charge in [0, 0.05) is 25.0 Å². The average molecular weight is 261 g/mol. The molecule has 1 heterocycles. The molecular formula is C15H23N3O. The van der Waals surface area contributed by atoms with Gasteiger partial charge in [0.15, 0.2) is 5.82 Å². The van der Waals surface area contributed by atoms with Gasteiger partial charge in [-0.2, -0.15) is 0 Å². The molecule has 1 N–H and O–H groups in total. The Morgan fingerprint density at radius 3 is 2.47 bits per heavy atom. The Balaban J connectivity index is 1.69. The lowest BCUT2D eigenvalue weighted by Gasteiger charge is -2.17. The van der Waals surface area contributed by atoms with Gasteiger partial charge in [-0.1, -0.05) is 0 Å².